The lowest BCUT2D eigenvalue weighted by Crippen LogP contribution is -2.60. The summed E-state index contributed by atoms with van der Waals surface area (Å²) in [5.41, 5.74) is 0. The largest absolute Gasteiger partial charge is 0.462 e. The Morgan fingerprint density at radius 3 is 1.41 bits per heavy atom. The molecule has 0 bridgehead atoms. The van der Waals surface area contributed by atoms with Crippen LogP contribution in [0.3, 0.4) is 0 Å². The van der Waals surface area contributed by atoms with Gasteiger partial charge in [0, 0.05) is 12.8 Å². The van der Waals surface area contributed by atoms with E-state index in [-0.39, 0.29) is 19.4 Å². The molecule has 0 aromatic carbocycles. The maximum absolute atomic E-state index is 12.8. The highest BCUT2D eigenvalue weighted by Gasteiger charge is 2.46. The molecule has 0 radical (unpaired) electrons. The Morgan fingerprint density at radius 2 is 0.953 bits per heavy atom. The molecule has 0 aliphatic carbocycles. The van der Waals surface area contributed by atoms with Crippen molar-refractivity contribution in [3.05, 3.63) is 97.2 Å². The van der Waals surface area contributed by atoms with E-state index in [9.17, 15) is 37.9 Å². The average Bonchev–Trinajstić information content (AvgIpc) is 3.26. The molecular weight excluding hydrogens is 837 g/mol. The molecule has 1 heterocycles. The molecule has 0 aromatic rings. The van der Waals surface area contributed by atoms with E-state index in [1.165, 1.54) is 38.5 Å². The third-order valence-electron chi connectivity index (χ3n) is 10.1. The number of carbonyl (C=O) groups is 2. The fourth-order valence-electron chi connectivity index (χ4n) is 6.42. The molecule has 364 valence electrons. The molecule has 1 aliphatic heterocycles. The molecule has 2 unspecified atom stereocenters. The predicted molar refractivity (Wildman–Crippen MR) is 256 cm³/mol. The lowest BCUT2D eigenvalue weighted by molar-refractivity contribution is -0.297. The smallest absolute Gasteiger partial charge is 0.306 e. The van der Waals surface area contributed by atoms with E-state index >= 15 is 0 Å². The van der Waals surface area contributed by atoms with Crippen LogP contribution in [-0.2, 0) is 38.7 Å². The number of aliphatic hydroxyl groups excluding tert-OH is 3. The van der Waals surface area contributed by atoms with E-state index in [2.05, 4.69) is 98.9 Å². The predicted octanol–water partition coefficient (Wildman–Crippen LogP) is 10.2. The van der Waals surface area contributed by atoms with Crippen LogP contribution in [0.2, 0.25) is 0 Å². The van der Waals surface area contributed by atoms with Crippen molar-refractivity contribution in [3.63, 3.8) is 0 Å². The first-order valence-corrected chi connectivity index (χ1v) is 25.4. The standard InChI is InChI=1S/C51H82O12S/c1-3-5-7-9-11-13-15-17-19-21-22-24-25-27-29-31-33-35-37-39-46(52)60-41-44(42-61-51-50(56)49(55)48(54)45(63-51)43-64(57,58)59)62-47(53)40-38-36-34-32-30-28-26-23-20-18-16-14-12-10-8-6-4-2/h11-14,17-20,22,24,26-29,32,34,44-45,48-51,54-56H,3-10,15-16,21,23,25,30-31,33,35-43H2,1-2H3,(H,57,58,59)/b13-11+,14-12+,19-17+,20-18+,24-22+,28-26+,29-27+,34-32+/t44-,45-,48-,49?,50?,51+/m1/s1. The molecule has 1 fully saturated rings. The number of hydrogen-bond acceptors (Lipinski definition) is 11. The lowest BCUT2D eigenvalue weighted by atomic mass is 10.00. The van der Waals surface area contributed by atoms with Gasteiger partial charge in [-0.1, -0.05) is 143 Å². The van der Waals surface area contributed by atoms with Crippen molar-refractivity contribution in [3.8, 4) is 0 Å². The number of rotatable bonds is 38. The molecule has 6 atom stereocenters. The maximum atomic E-state index is 12.8. The summed E-state index contributed by atoms with van der Waals surface area (Å²) in [5, 5.41) is 30.9. The minimum atomic E-state index is -4.62. The van der Waals surface area contributed by atoms with Crippen LogP contribution < -0.4 is 0 Å². The summed E-state index contributed by atoms with van der Waals surface area (Å²) in [6.07, 6.45) is 44.5. The molecule has 4 N–H and O–H groups in total. The number of aliphatic hydroxyl groups is 3. The number of hydrogen-bond donors (Lipinski definition) is 4. The van der Waals surface area contributed by atoms with Crippen LogP contribution in [0.5, 0.6) is 0 Å². The van der Waals surface area contributed by atoms with Crippen LogP contribution in [0.15, 0.2) is 97.2 Å². The average molecular weight is 919 g/mol. The molecular formula is C51H82O12S. The second kappa shape index (κ2) is 39.9. The fourth-order valence-corrected chi connectivity index (χ4v) is 7.11. The van der Waals surface area contributed by atoms with Gasteiger partial charge in [-0.2, -0.15) is 8.42 Å². The van der Waals surface area contributed by atoms with E-state index in [1.807, 2.05) is 12.2 Å². The number of carbonyl (C=O) groups excluding carboxylic acids is 2. The van der Waals surface area contributed by atoms with Gasteiger partial charge in [0.05, 0.1) is 6.61 Å². The Morgan fingerprint density at radius 1 is 0.531 bits per heavy atom. The summed E-state index contributed by atoms with van der Waals surface area (Å²) >= 11 is 0. The second-order valence-electron chi connectivity index (χ2n) is 16.1. The third kappa shape index (κ3) is 34.0. The zero-order chi connectivity index (χ0) is 46.9. The zero-order valence-electron chi connectivity index (χ0n) is 38.8. The van der Waals surface area contributed by atoms with Crippen LogP contribution in [0.1, 0.15) is 155 Å². The first-order valence-electron chi connectivity index (χ1n) is 23.8. The zero-order valence-corrected chi connectivity index (χ0v) is 39.7. The molecule has 0 amide bonds. The Hall–Kier alpha value is -3.43. The van der Waals surface area contributed by atoms with Gasteiger partial charge >= 0.3 is 11.9 Å². The molecule has 0 aromatic heterocycles. The van der Waals surface area contributed by atoms with Crippen LogP contribution in [0.4, 0.5) is 0 Å². The number of allylic oxidation sites excluding steroid dienone is 16. The topological polar surface area (TPSA) is 186 Å². The van der Waals surface area contributed by atoms with Crippen molar-refractivity contribution in [1.29, 1.82) is 0 Å². The van der Waals surface area contributed by atoms with Crippen LogP contribution >= 0.6 is 0 Å². The second-order valence-corrected chi connectivity index (χ2v) is 17.6. The first-order chi connectivity index (χ1) is 31.0. The number of unbranched alkanes of at least 4 members (excludes halogenated alkanes) is 10. The van der Waals surface area contributed by atoms with Crippen molar-refractivity contribution in [1.82, 2.24) is 0 Å². The van der Waals surface area contributed by atoms with Crippen molar-refractivity contribution in [2.75, 3.05) is 19.0 Å². The van der Waals surface area contributed by atoms with Crippen molar-refractivity contribution in [2.45, 2.75) is 192 Å². The Balaban J connectivity index is 2.50. The normalized spacial score (nSPS) is 20.5. The Kier molecular flexibility index (Phi) is 36.5. The fraction of sp³-hybridized carbons (Fsp3) is 0.647. The minimum absolute atomic E-state index is 0.0752. The monoisotopic (exact) mass is 919 g/mol. The molecule has 1 aliphatic rings. The number of esters is 2. The minimum Gasteiger partial charge on any atom is -0.462 e. The van der Waals surface area contributed by atoms with Gasteiger partial charge in [0.2, 0.25) is 0 Å². The third-order valence-corrected chi connectivity index (χ3v) is 10.9. The van der Waals surface area contributed by atoms with E-state index in [0.29, 0.717) is 19.3 Å². The molecule has 1 saturated heterocycles. The van der Waals surface area contributed by atoms with E-state index in [4.69, 9.17) is 18.9 Å². The first kappa shape index (κ1) is 58.6. The molecule has 12 nitrogen and oxygen atoms in total. The van der Waals surface area contributed by atoms with Crippen LogP contribution in [-0.4, -0.2) is 96.0 Å². The summed E-state index contributed by atoms with van der Waals surface area (Å²) in [7, 11) is -4.62. The van der Waals surface area contributed by atoms with Crippen LogP contribution in [0.25, 0.3) is 0 Å². The lowest BCUT2D eigenvalue weighted by Gasteiger charge is -2.40. The molecule has 64 heavy (non-hydrogen) atoms. The van der Waals surface area contributed by atoms with Gasteiger partial charge in [0.1, 0.15) is 36.8 Å². The van der Waals surface area contributed by atoms with E-state index in [0.717, 1.165) is 70.6 Å². The SMILES string of the molecule is CCCCC/C=C/C/C=C/C/C=C/C/C=C/CCCCCC(=O)OC[C@H](CO[C@H]1O[C@H](CS(=O)(=O)O)[C@@H](O)C(O)C1O)OC(=O)CCC/C=C/C/C=C/C/C=C/C/C=C/CCCCC. The molecule has 13 heteroatoms. The summed E-state index contributed by atoms with van der Waals surface area (Å²) in [6, 6.07) is 0. The van der Waals surface area contributed by atoms with Crippen molar-refractivity contribution in [2.24, 2.45) is 0 Å². The number of ether oxygens (including phenoxy) is 4. The maximum Gasteiger partial charge on any atom is 0.306 e. The summed E-state index contributed by atoms with van der Waals surface area (Å²) in [4.78, 5) is 25.4. The van der Waals surface area contributed by atoms with Gasteiger partial charge in [0.15, 0.2) is 12.4 Å². The van der Waals surface area contributed by atoms with E-state index in [1.54, 1.807) is 0 Å². The Labute approximate surface area is 385 Å². The van der Waals surface area contributed by atoms with E-state index < -0.39 is 71.2 Å². The van der Waals surface area contributed by atoms with Crippen molar-refractivity contribution < 1.29 is 56.8 Å². The van der Waals surface area contributed by atoms with Gasteiger partial charge in [-0.3, -0.25) is 14.1 Å². The van der Waals surface area contributed by atoms with Crippen molar-refractivity contribution >= 4 is 22.1 Å². The quantitative estimate of drug-likeness (QED) is 0.0199. The summed E-state index contributed by atoms with van der Waals surface area (Å²) in [5.74, 6) is -2.11. The highest BCUT2D eigenvalue weighted by atomic mass is 32.2. The van der Waals surface area contributed by atoms with Gasteiger partial charge < -0.3 is 34.3 Å². The highest BCUT2D eigenvalue weighted by Crippen LogP contribution is 2.24. The van der Waals surface area contributed by atoms with Gasteiger partial charge in [-0.05, 0) is 96.3 Å². The van der Waals surface area contributed by atoms with Gasteiger partial charge in [-0.25, -0.2) is 0 Å². The van der Waals surface area contributed by atoms with Gasteiger partial charge in [0.25, 0.3) is 10.1 Å². The Bertz CT molecular complexity index is 1540. The summed E-state index contributed by atoms with van der Waals surface area (Å²) in [6.45, 7) is 3.62. The van der Waals surface area contributed by atoms with Gasteiger partial charge in [-0.15, -0.1) is 0 Å². The van der Waals surface area contributed by atoms with Crippen LogP contribution in [0, 0.1) is 0 Å². The summed E-state index contributed by atoms with van der Waals surface area (Å²) < 4.78 is 54.0. The highest BCUT2D eigenvalue weighted by molar-refractivity contribution is 7.85. The molecule has 0 saturated carbocycles. The molecule has 1 rings (SSSR count). The molecule has 0 spiro atoms.